The highest BCUT2D eigenvalue weighted by Crippen LogP contribution is 2.28. The SMILES string of the molecule is CCN1CCc2c([nH]c3cc(C(=O)O)ccc23)C1=O. The quantitative estimate of drug-likeness (QED) is 0.863. The molecule has 1 aromatic carbocycles. The second kappa shape index (κ2) is 4.12. The van der Waals surface area contributed by atoms with Crippen molar-refractivity contribution in [1.82, 2.24) is 9.88 Å². The van der Waals surface area contributed by atoms with E-state index in [0.717, 1.165) is 29.4 Å². The Labute approximate surface area is 109 Å². The van der Waals surface area contributed by atoms with Crippen molar-refractivity contribution >= 4 is 22.8 Å². The Balaban J connectivity index is 2.17. The zero-order valence-corrected chi connectivity index (χ0v) is 10.6. The number of hydrogen-bond donors (Lipinski definition) is 2. The minimum Gasteiger partial charge on any atom is -0.478 e. The van der Waals surface area contributed by atoms with Gasteiger partial charge in [-0.3, -0.25) is 4.79 Å². The number of nitrogens with zero attached hydrogens (tertiary/aromatic N) is 1. The van der Waals surface area contributed by atoms with Crippen LogP contribution in [-0.2, 0) is 6.42 Å². The van der Waals surface area contributed by atoms with Crippen LogP contribution in [0.15, 0.2) is 18.2 Å². The number of carbonyl (C=O) groups is 2. The van der Waals surface area contributed by atoms with Crippen molar-refractivity contribution in [2.45, 2.75) is 13.3 Å². The van der Waals surface area contributed by atoms with E-state index in [4.69, 9.17) is 5.11 Å². The van der Waals surface area contributed by atoms with Crippen molar-refractivity contribution in [1.29, 1.82) is 0 Å². The van der Waals surface area contributed by atoms with Crippen LogP contribution < -0.4 is 0 Å². The van der Waals surface area contributed by atoms with Crippen molar-refractivity contribution in [3.05, 3.63) is 35.0 Å². The summed E-state index contributed by atoms with van der Waals surface area (Å²) in [6.45, 7) is 3.36. The fourth-order valence-corrected chi connectivity index (χ4v) is 2.64. The lowest BCUT2D eigenvalue weighted by atomic mass is 10.0. The molecule has 2 heterocycles. The van der Waals surface area contributed by atoms with Crippen LogP contribution in [0.25, 0.3) is 10.9 Å². The van der Waals surface area contributed by atoms with Crippen LogP contribution in [0.2, 0.25) is 0 Å². The third-order valence-corrected chi connectivity index (χ3v) is 3.67. The lowest BCUT2D eigenvalue weighted by molar-refractivity contribution is 0.0695. The van der Waals surface area contributed by atoms with Gasteiger partial charge in [-0.05, 0) is 31.0 Å². The number of rotatable bonds is 2. The van der Waals surface area contributed by atoms with E-state index in [2.05, 4.69) is 4.98 Å². The first-order chi connectivity index (χ1) is 9.11. The number of H-pyrrole nitrogens is 1. The normalized spacial score (nSPS) is 14.8. The molecule has 0 aliphatic carbocycles. The average Bonchev–Trinajstić information content (AvgIpc) is 2.78. The molecule has 0 fully saturated rings. The van der Waals surface area contributed by atoms with Crippen LogP contribution in [0.4, 0.5) is 0 Å². The minimum atomic E-state index is -0.962. The van der Waals surface area contributed by atoms with E-state index in [-0.39, 0.29) is 11.5 Å². The van der Waals surface area contributed by atoms with E-state index < -0.39 is 5.97 Å². The molecule has 2 aromatic rings. The lowest BCUT2D eigenvalue weighted by Gasteiger charge is -2.25. The predicted octanol–water partition coefficient (Wildman–Crippen LogP) is 1.88. The molecular formula is C14H14N2O3. The van der Waals surface area contributed by atoms with E-state index >= 15 is 0 Å². The molecule has 5 nitrogen and oxygen atoms in total. The topological polar surface area (TPSA) is 73.4 Å². The van der Waals surface area contributed by atoms with Crippen LogP contribution in [0, 0.1) is 0 Å². The Morgan fingerprint density at radius 1 is 1.47 bits per heavy atom. The first kappa shape index (κ1) is 11.8. The van der Waals surface area contributed by atoms with Gasteiger partial charge in [-0.15, -0.1) is 0 Å². The molecule has 0 radical (unpaired) electrons. The maximum Gasteiger partial charge on any atom is 0.335 e. The number of aromatic carboxylic acids is 1. The Kier molecular flexibility index (Phi) is 2.55. The number of hydrogen-bond acceptors (Lipinski definition) is 2. The van der Waals surface area contributed by atoms with Gasteiger partial charge >= 0.3 is 5.97 Å². The van der Waals surface area contributed by atoms with Crippen molar-refractivity contribution in [2.75, 3.05) is 13.1 Å². The van der Waals surface area contributed by atoms with E-state index in [0.29, 0.717) is 12.2 Å². The van der Waals surface area contributed by atoms with Gasteiger partial charge in [0.15, 0.2) is 0 Å². The number of benzene rings is 1. The summed E-state index contributed by atoms with van der Waals surface area (Å²) < 4.78 is 0. The van der Waals surface area contributed by atoms with Gasteiger partial charge in [0.2, 0.25) is 0 Å². The molecule has 0 saturated heterocycles. The number of aromatic amines is 1. The average molecular weight is 258 g/mol. The molecule has 5 heteroatoms. The number of carboxylic acids is 1. The van der Waals surface area contributed by atoms with Gasteiger partial charge in [0, 0.05) is 24.0 Å². The maximum atomic E-state index is 12.2. The Morgan fingerprint density at radius 2 is 2.26 bits per heavy atom. The fourth-order valence-electron chi connectivity index (χ4n) is 2.64. The third-order valence-electron chi connectivity index (χ3n) is 3.67. The number of aromatic nitrogens is 1. The summed E-state index contributed by atoms with van der Waals surface area (Å²) >= 11 is 0. The highest BCUT2D eigenvalue weighted by atomic mass is 16.4. The van der Waals surface area contributed by atoms with E-state index in [1.807, 2.05) is 6.92 Å². The molecule has 0 unspecified atom stereocenters. The lowest BCUT2D eigenvalue weighted by Crippen LogP contribution is -2.37. The Hall–Kier alpha value is -2.30. The molecule has 0 atom stereocenters. The highest BCUT2D eigenvalue weighted by Gasteiger charge is 2.26. The fraction of sp³-hybridized carbons (Fsp3) is 0.286. The largest absolute Gasteiger partial charge is 0.478 e. The molecule has 1 aromatic heterocycles. The zero-order chi connectivity index (χ0) is 13.6. The Bertz CT molecular complexity index is 687. The maximum absolute atomic E-state index is 12.2. The number of fused-ring (bicyclic) bond motifs is 3. The summed E-state index contributed by atoms with van der Waals surface area (Å²) in [5.41, 5.74) is 2.55. The van der Waals surface area contributed by atoms with E-state index in [1.165, 1.54) is 0 Å². The molecular weight excluding hydrogens is 244 g/mol. The molecule has 98 valence electrons. The molecule has 0 bridgehead atoms. The van der Waals surface area contributed by atoms with Gasteiger partial charge in [0.05, 0.1) is 5.56 Å². The molecule has 1 aliphatic heterocycles. The van der Waals surface area contributed by atoms with Crippen molar-refractivity contribution < 1.29 is 14.7 Å². The smallest absolute Gasteiger partial charge is 0.335 e. The van der Waals surface area contributed by atoms with Gasteiger partial charge in [0.25, 0.3) is 5.91 Å². The van der Waals surface area contributed by atoms with Crippen LogP contribution >= 0.6 is 0 Å². The summed E-state index contributed by atoms with van der Waals surface area (Å²) in [6, 6.07) is 4.94. The Morgan fingerprint density at radius 3 is 2.95 bits per heavy atom. The first-order valence-corrected chi connectivity index (χ1v) is 6.29. The summed E-state index contributed by atoms with van der Waals surface area (Å²) in [4.78, 5) is 28.0. The highest BCUT2D eigenvalue weighted by molar-refractivity contribution is 6.03. The van der Waals surface area contributed by atoms with Crippen LogP contribution in [-0.4, -0.2) is 40.0 Å². The molecule has 2 N–H and O–H groups in total. The molecule has 0 spiro atoms. The number of carboxylic acid groups (broad SMARTS) is 1. The van der Waals surface area contributed by atoms with Gasteiger partial charge in [-0.2, -0.15) is 0 Å². The minimum absolute atomic E-state index is 0.00294. The summed E-state index contributed by atoms with van der Waals surface area (Å²) in [5, 5.41) is 9.94. The van der Waals surface area contributed by atoms with E-state index in [9.17, 15) is 9.59 Å². The first-order valence-electron chi connectivity index (χ1n) is 6.29. The molecule has 19 heavy (non-hydrogen) atoms. The molecule has 1 amide bonds. The molecule has 1 aliphatic rings. The van der Waals surface area contributed by atoms with Crippen LogP contribution in [0.3, 0.4) is 0 Å². The second-order valence-corrected chi connectivity index (χ2v) is 4.68. The van der Waals surface area contributed by atoms with Crippen LogP contribution in [0.5, 0.6) is 0 Å². The number of carbonyl (C=O) groups excluding carboxylic acids is 1. The van der Waals surface area contributed by atoms with Gasteiger partial charge in [0.1, 0.15) is 5.69 Å². The van der Waals surface area contributed by atoms with Crippen molar-refractivity contribution in [3.63, 3.8) is 0 Å². The van der Waals surface area contributed by atoms with Crippen LogP contribution in [0.1, 0.15) is 33.3 Å². The molecule has 3 rings (SSSR count). The monoisotopic (exact) mass is 258 g/mol. The van der Waals surface area contributed by atoms with Crippen molar-refractivity contribution in [3.8, 4) is 0 Å². The summed E-state index contributed by atoms with van der Waals surface area (Å²) in [5.74, 6) is -0.965. The summed E-state index contributed by atoms with van der Waals surface area (Å²) in [7, 11) is 0. The van der Waals surface area contributed by atoms with E-state index in [1.54, 1.807) is 23.1 Å². The van der Waals surface area contributed by atoms with Gasteiger partial charge in [-0.1, -0.05) is 6.07 Å². The standard InChI is InChI=1S/C14H14N2O3/c1-2-16-6-5-10-9-4-3-8(14(18)19)7-11(9)15-12(10)13(16)17/h3-4,7,15H,2,5-6H2,1H3,(H,18,19). The number of likely N-dealkylation sites (N-methyl/N-ethyl adjacent to an activating group) is 1. The molecule has 0 saturated carbocycles. The predicted molar refractivity (Wildman–Crippen MR) is 70.5 cm³/mol. The van der Waals surface area contributed by atoms with Crippen molar-refractivity contribution in [2.24, 2.45) is 0 Å². The second-order valence-electron chi connectivity index (χ2n) is 4.68. The zero-order valence-electron chi connectivity index (χ0n) is 10.6. The van der Waals surface area contributed by atoms with Gasteiger partial charge in [-0.25, -0.2) is 4.79 Å². The van der Waals surface area contributed by atoms with Gasteiger partial charge < -0.3 is 15.0 Å². The number of amides is 1. The summed E-state index contributed by atoms with van der Waals surface area (Å²) in [6.07, 6.45) is 0.807. The third kappa shape index (κ3) is 1.69. The number of nitrogens with one attached hydrogen (secondary N) is 1.